The minimum Gasteiger partial charge on any atom is -0.465 e. The predicted molar refractivity (Wildman–Crippen MR) is 85.2 cm³/mol. The summed E-state index contributed by atoms with van der Waals surface area (Å²) in [6.07, 6.45) is 11.8. The first kappa shape index (κ1) is 22.6. The normalized spacial score (nSPS) is 11.0. The largest absolute Gasteiger partial charge is 0.465 e. The Labute approximate surface area is 129 Å². The third-order valence-electron chi connectivity index (χ3n) is 3.06. The summed E-state index contributed by atoms with van der Waals surface area (Å²) in [4.78, 5) is 11.0. The summed E-state index contributed by atoms with van der Waals surface area (Å²) in [6.45, 7) is 2.44. The zero-order valence-electron chi connectivity index (χ0n) is 13.5. The van der Waals surface area contributed by atoms with Gasteiger partial charge in [-0.2, -0.15) is 8.42 Å². The zero-order chi connectivity index (χ0) is 15.3. The molecule has 0 aromatic heterocycles. The van der Waals surface area contributed by atoms with E-state index in [1.807, 2.05) is 0 Å². The zero-order valence-corrected chi connectivity index (χ0v) is 14.3. The van der Waals surface area contributed by atoms with Gasteiger partial charge in [0.15, 0.2) is 5.75 Å². The van der Waals surface area contributed by atoms with E-state index in [1.54, 1.807) is 0 Å². The number of ether oxygens (including phenoxy) is 1. The number of esters is 1. The van der Waals surface area contributed by atoms with Crippen molar-refractivity contribution in [2.24, 2.45) is 0 Å². The van der Waals surface area contributed by atoms with E-state index in [9.17, 15) is 13.2 Å². The highest BCUT2D eigenvalue weighted by atomic mass is 32.2. The maximum Gasteiger partial charge on any atom is 0.323 e. The molecule has 0 spiro atoms. The van der Waals surface area contributed by atoms with Crippen molar-refractivity contribution in [1.29, 1.82) is 0 Å². The van der Waals surface area contributed by atoms with Crippen LogP contribution in [0.25, 0.3) is 0 Å². The molecule has 0 fully saturated rings. The van der Waals surface area contributed by atoms with Crippen LogP contribution in [0.5, 0.6) is 0 Å². The van der Waals surface area contributed by atoms with E-state index < -0.39 is 21.8 Å². The van der Waals surface area contributed by atoms with Crippen molar-refractivity contribution in [3.8, 4) is 0 Å². The van der Waals surface area contributed by atoms with E-state index in [1.165, 1.54) is 44.9 Å². The molecule has 0 heterocycles. The van der Waals surface area contributed by atoms with Gasteiger partial charge in [0.25, 0.3) is 10.1 Å². The monoisotopic (exact) mass is 326 g/mol. The van der Waals surface area contributed by atoms with Gasteiger partial charge in [0, 0.05) is 0 Å². The summed E-state index contributed by atoms with van der Waals surface area (Å²) < 4.78 is 33.9. The molecule has 128 valence electrons. The molecule has 21 heavy (non-hydrogen) atoms. The first-order valence-electron chi connectivity index (χ1n) is 7.56. The van der Waals surface area contributed by atoms with E-state index >= 15 is 0 Å². The predicted octanol–water partition coefficient (Wildman–Crippen LogP) is 3.71. The molecule has 0 atom stereocenters. The average molecular weight is 326 g/mol. The lowest BCUT2D eigenvalue weighted by Gasteiger charge is -2.04. The number of carbonyl (C=O) groups is 1. The Hall–Kier alpha value is -0.660. The summed E-state index contributed by atoms with van der Waals surface area (Å²) in [5.41, 5.74) is 0. The summed E-state index contributed by atoms with van der Waals surface area (Å²) in [5.74, 6) is -1.84. The molecule has 0 aromatic carbocycles. The highest BCUT2D eigenvalue weighted by Crippen LogP contribution is 2.10. The number of rotatable bonds is 13. The van der Waals surface area contributed by atoms with Crippen LogP contribution in [0.1, 0.15) is 71.1 Å². The molecule has 0 unspecified atom stereocenters. The molecule has 0 aliphatic heterocycles. The van der Waals surface area contributed by atoms with Gasteiger partial charge in [-0.1, -0.05) is 64.7 Å². The van der Waals surface area contributed by atoms with Gasteiger partial charge in [0.2, 0.25) is 0 Å². The third-order valence-corrected chi connectivity index (χ3v) is 3.66. The van der Waals surface area contributed by atoms with E-state index in [4.69, 9.17) is 9.29 Å². The highest BCUT2D eigenvalue weighted by molar-refractivity contribution is 7.86. The lowest BCUT2D eigenvalue weighted by Crippen LogP contribution is -2.18. The van der Waals surface area contributed by atoms with Crippen LogP contribution >= 0.6 is 0 Å². The van der Waals surface area contributed by atoms with Crippen LogP contribution in [0.15, 0.2) is 0 Å². The first-order chi connectivity index (χ1) is 9.45. The Kier molecular flexibility index (Phi) is 15.4. The van der Waals surface area contributed by atoms with Crippen LogP contribution in [0.3, 0.4) is 0 Å². The fourth-order valence-corrected chi connectivity index (χ4v) is 2.35. The molecule has 0 saturated carbocycles. The molecule has 0 amide bonds. The van der Waals surface area contributed by atoms with Crippen LogP contribution in [0, 0.1) is 0 Å². The summed E-state index contributed by atoms with van der Waals surface area (Å²) in [6, 6.07) is 0. The first-order valence-corrected chi connectivity index (χ1v) is 9.17. The standard InChI is InChI=1S/C14H28O5S.H3N/c1-2-3-4-5-6-7-8-9-10-11-12-19-14(15)13-20(16,17)18;/h2-13H2,1H3,(H,16,17,18);1H3/p+1. The van der Waals surface area contributed by atoms with Crippen molar-refractivity contribution in [3.05, 3.63) is 0 Å². The van der Waals surface area contributed by atoms with E-state index in [0.29, 0.717) is 0 Å². The smallest absolute Gasteiger partial charge is 0.323 e. The van der Waals surface area contributed by atoms with Crippen molar-refractivity contribution in [3.63, 3.8) is 0 Å². The molecule has 7 heteroatoms. The summed E-state index contributed by atoms with van der Waals surface area (Å²) in [7, 11) is -4.26. The van der Waals surface area contributed by atoms with Crippen molar-refractivity contribution >= 4 is 16.1 Å². The second kappa shape index (κ2) is 14.3. The number of carbonyl (C=O) groups excluding carboxylic acids is 1. The minimum atomic E-state index is -4.26. The minimum absolute atomic E-state index is 0. The van der Waals surface area contributed by atoms with Gasteiger partial charge in [0.05, 0.1) is 6.61 Å². The molecular weight excluding hydrogens is 294 g/mol. The Morgan fingerprint density at radius 1 is 0.905 bits per heavy atom. The van der Waals surface area contributed by atoms with Crippen LogP contribution in [0.2, 0.25) is 0 Å². The van der Waals surface area contributed by atoms with Gasteiger partial charge in [0.1, 0.15) is 0 Å². The SMILES string of the molecule is CCCCCCCCCCCCOC(=O)CS(=O)(=O)O.[NH4+]. The van der Waals surface area contributed by atoms with Crippen LogP contribution in [-0.2, 0) is 19.6 Å². The molecule has 0 aliphatic carbocycles. The quantitative estimate of drug-likeness (QED) is 0.304. The second-order valence-corrected chi connectivity index (χ2v) is 6.58. The fourth-order valence-electron chi connectivity index (χ4n) is 1.97. The molecule has 6 nitrogen and oxygen atoms in total. The topological polar surface area (TPSA) is 117 Å². The molecule has 0 aliphatic rings. The van der Waals surface area contributed by atoms with Gasteiger partial charge in [-0.15, -0.1) is 0 Å². The molecular formula is C14H32NO5S+. The third kappa shape index (κ3) is 19.3. The Bertz CT molecular complexity index is 343. The van der Waals surface area contributed by atoms with Crippen LogP contribution in [-0.4, -0.2) is 31.3 Å². The molecule has 0 aromatic rings. The van der Waals surface area contributed by atoms with Gasteiger partial charge in [-0.25, -0.2) is 0 Å². The van der Waals surface area contributed by atoms with E-state index in [0.717, 1.165) is 19.3 Å². The molecule has 0 saturated heterocycles. The lowest BCUT2D eigenvalue weighted by molar-refractivity contribution is -0.140. The number of quaternary nitrogens is 1. The highest BCUT2D eigenvalue weighted by Gasteiger charge is 2.13. The Morgan fingerprint density at radius 2 is 1.33 bits per heavy atom. The molecule has 0 rings (SSSR count). The van der Waals surface area contributed by atoms with E-state index in [-0.39, 0.29) is 12.8 Å². The van der Waals surface area contributed by atoms with Crippen molar-refractivity contribution in [1.82, 2.24) is 6.15 Å². The van der Waals surface area contributed by atoms with Crippen molar-refractivity contribution in [2.75, 3.05) is 12.4 Å². The van der Waals surface area contributed by atoms with Crippen LogP contribution in [0.4, 0.5) is 0 Å². The maximum absolute atomic E-state index is 11.0. The molecule has 5 N–H and O–H groups in total. The van der Waals surface area contributed by atoms with Gasteiger partial charge >= 0.3 is 5.97 Å². The van der Waals surface area contributed by atoms with Gasteiger partial charge in [-0.05, 0) is 6.42 Å². The Balaban J connectivity index is 0. The number of hydrogen-bond donors (Lipinski definition) is 2. The van der Waals surface area contributed by atoms with Gasteiger partial charge < -0.3 is 10.9 Å². The Morgan fingerprint density at radius 3 is 1.76 bits per heavy atom. The summed E-state index contributed by atoms with van der Waals surface area (Å²) in [5, 5.41) is 0. The average Bonchev–Trinajstić information content (AvgIpc) is 2.34. The van der Waals surface area contributed by atoms with Gasteiger partial charge in [-0.3, -0.25) is 9.35 Å². The number of hydrogen-bond acceptors (Lipinski definition) is 4. The lowest BCUT2D eigenvalue weighted by atomic mass is 10.1. The van der Waals surface area contributed by atoms with Crippen LogP contribution < -0.4 is 6.15 Å². The molecule has 0 bridgehead atoms. The van der Waals surface area contributed by atoms with E-state index in [2.05, 4.69) is 6.92 Å². The van der Waals surface area contributed by atoms with Crippen molar-refractivity contribution < 1.29 is 22.5 Å². The molecule has 0 radical (unpaired) electrons. The number of unbranched alkanes of at least 4 members (excludes halogenated alkanes) is 9. The summed E-state index contributed by atoms with van der Waals surface area (Å²) >= 11 is 0. The maximum atomic E-state index is 11.0. The van der Waals surface area contributed by atoms with Crippen molar-refractivity contribution in [2.45, 2.75) is 71.1 Å². The fraction of sp³-hybridized carbons (Fsp3) is 0.929. The second-order valence-electron chi connectivity index (χ2n) is 5.13.